The Morgan fingerprint density at radius 2 is 1.79 bits per heavy atom. The zero-order chi connectivity index (χ0) is 20.5. The molecule has 146 valence electrons. The van der Waals surface area contributed by atoms with Crippen LogP contribution < -0.4 is 9.47 Å². The first-order valence-corrected chi connectivity index (χ1v) is 9.96. The fourth-order valence-corrected chi connectivity index (χ4v) is 3.75. The number of hydrogen-bond acceptors (Lipinski definition) is 3. The number of carbonyl (C=O) groups excluding carboxylic acids is 1. The molecule has 29 heavy (non-hydrogen) atoms. The van der Waals surface area contributed by atoms with Crippen molar-refractivity contribution in [1.29, 1.82) is 0 Å². The minimum atomic E-state index is -0.199. The number of rotatable bonds is 4. The van der Waals surface area contributed by atoms with Gasteiger partial charge in [-0.2, -0.15) is 0 Å². The Morgan fingerprint density at radius 1 is 1.00 bits per heavy atom. The summed E-state index contributed by atoms with van der Waals surface area (Å²) in [5.74, 6) is 1.15. The summed E-state index contributed by atoms with van der Waals surface area (Å²) in [7, 11) is 0. The second kappa shape index (κ2) is 8.11. The largest absolute Gasteiger partial charge is 0.488 e. The van der Waals surface area contributed by atoms with E-state index in [0.29, 0.717) is 44.3 Å². The van der Waals surface area contributed by atoms with E-state index >= 15 is 0 Å². The van der Waals surface area contributed by atoms with Crippen LogP contribution in [0.4, 0.5) is 0 Å². The maximum absolute atomic E-state index is 12.7. The third-order valence-corrected chi connectivity index (χ3v) is 5.37. The van der Waals surface area contributed by atoms with Gasteiger partial charge in [-0.05, 0) is 60.5 Å². The molecule has 0 N–H and O–H groups in total. The van der Waals surface area contributed by atoms with Gasteiger partial charge in [-0.25, -0.2) is 0 Å². The van der Waals surface area contributed by atoms with Crippen molar-refractivity contribution in [3.63, 3.8) is 0 Å². The molecule has 3 aromatic rings. The summed E-state index contributed by atoms with van der Waals surface area (Å²) in [4.78, 5) is 12.7. The van der Waals surface area contributed by atoms with E-state index in [0.717, 1.165) is 11.1 Å². The first-order valence-electron chi connectivity index (χ1n) is 8.82. The van der Waals surface area contributed by atoms with Crippen LogP contribution >= 0.6 is 34.8 Å². The molecule has 0 aromatic heterocycles. The van der Waals surface area contributed by atoms with Gasteiger partial charge in [0, 0.05) is 20.6 Å². The van der Waals surface area contributed by atoms with Gasteiger partial charge in [-0.15, -0.1) is 0 Å². The highest BCUT2D eigenvalue weighted by Crippen LogP contribution is 2.40. The van der Waals surface area contributed by atoms with Gasteiger partial charge in [0.2, 0.25) is 5.78 Å². The Bertz CT molecular complexity index is 1150. The summed E-state index contributed by atoms with van der Waals surface area (Å²) in [6.07, 6.45) is 1.62. The highest BCUT2D eigenvalue weighted by molar-refractivity contribution is 6.35. The van der Waals surface area contributed by atoms with Crippen LogP contribution in [0, 0.1) is 6.92 Å². The fourth-order valence-electron chi connectivity index (χ4n) is 3.07. The van der Waals surface area contributed by atoms with Crippen molar-refractivity contribution in [2.75, 3.05) is 0 Å². The van der Waals surface area contributed by atoms with E-state index < -0.39 is 0 Å². The van der Waals surface area contributed by atoms with Crippen molar-refractivity contribution in [1.82, 2.24) is 0 Å². The molecular formula is C23H15Cl3O3. The van der Waals surface area contributed by atoms with Crippen LogP contribution in [0.3, 0.4) is 0 Å². The molecule has 6 heteroatoms. The van der Waals surface area contributed by atoms with Crippen LogP contribution in [-0.4, -0.2) is 5.78 Å². The van der Waals surface area contributed by atoms with E-state index in [1.165, 1.54) is 0 Å². The number of fused-ring (bicyclic) bond motifs is 1. The normalized spacial score (nSPS) is 14.1. The van der Waals surface area contributed by atoms with Crippen molar-refractivity contribution >= 4 is 46.7 Å². The molecule has 3 aromatic carbocycles. The number of ketones is 1. The van der Waals surface area contributed by atoms with Crippen LogP contribution in [-0.2, 0) is 6.61 Å². The van der Waals surface area contributed by atoms with Crippen LogP contribution in [0.1, 0.15) is 27.0 Å². The first kappa shape index (κ1) is 19.8. The third-order valence-electron chi connectivity index (χ3n) is 4.57. The molecule has 4 rings (SSSR count). The van der Waals surface area contributed by atoms with Gasteiger partial charge in [0.1, 0.15) is 18.1 Å². The Labute approximate surface area is 183 Å². The predicted molar refractivity (Wildman–Crippen MR) is 116 cm³/mol. The molecule has 3 nitrogen and oxygen atoms in total. The van der Waals surface area contributed by atoms with Gasteiger partial charge in [0.05, 0.1) is 5.56 Å². The number of Topliss-reactive ketones (excluding diaryl/α,β-unsaturated/α-hetero) is 1. The monoisotopic (exact) mass is 444 g/mol. The molecule has 0 unspecified atom stereocenters. The number of carbonyl (C=O) groups is 1. The minimum Gasteiger partial charge on any atom is -0.488 e. The van der Waals surface area contributed by atoms with Crippen molar-refractivity contribution < 1.29 is 14.3 Å². The molecule has 0 aliphatic carbocycles. The summed E-state index contributed by atoms with van der Waals surface area (Å²) in [6, 6.07) is 16.0. The smallest absolute Gasteiger partial charge is 0.231 e. The molecule has 0 spiro atoms. The lowest BCUT2D eigenvalue weighted by Crippen LogP contribution is -1.98. The molecule has 0 amide bonds. The Morgan fingerprint density at radius 3 is 2.55 bits per heavy atom. The molecular weight excluding hydrogens is 431 g/mol. The summed E-state index contributed by atoms with van der Waals surface area (Å²) in [5.41, 5.74) is 2.85. The van der Waals surface area contributed by atoms with E-state index in [9.17, 15) is 4.79 Å². The standard InChI is InChI=1S/C23H15Cl3O3/c1-13-20(28-12-14-3-2-4-16(24)9-14)8-7-18-22(27)21(29-23(13)18)10-15-5-6-17(25)11-19(15)26/h2-11H,12H2,1H3/b21-10-. The Hall–Kier alpha value is -2.46. The van der Waals surface area contributed by atoms with E-state index in [1.54, 1.807) is 36.4 Å². The van der Waals surface area contributed by atoms with Crippen LogP contribution in [0.2, 0.25) is 15.1 Å². The third kappa shape index (κ3) is 4.13. The molecule has 0 bridgehead atoms. The molecule has 0 atom stereocenters. The van der Waals surface area contributed by atoms with Gasteiger partial charge >= 0.3 is 0 Å². The molecule has 1 heterocycles. The predicted octanol–water partition coefficient (Wildman–Crippen LogP) is 7.15. The number of benzene rings is 3. The molecule has 0 saturated heterocycles. The lowest BCUT2D eigenvalue weighted by molar-refractivity contribution is 0.101. The zero-order valence-corrected chi connectivity index (χ0v) is 17.6. The molecule has 1 aliphatic heterocycles. The number of halogens is 3. The SMILES string of the molecule is Cc1c(OCc2cccc(Cl)c2)ccc2c1O/C(=C\c1ccc(Cl)cc1Cl)C2=O. The number of allylic oxidation sites excluding steroid dienone is 1. The quantitative estimate of drug-likeness (QED) is 0.400. The van der Waals surface area contributed by atoms with Crippen LogP contribution in [0.15, 0.2) is 60.4 Å². The lowest BCUT2D eigenvalue weighted by atomic mass is 10.1. The molecule has 1 aliphatic rings. The first-order chi connectivity index (χ1) is 13.9. The maximum Gasteiger partial charge on any atom is 0.231 e. The molecule has 0 radical (unpaired) electrons. The zero-order valence-electron chi connectivity index (χ0n) is 15.3. The summed E-state index contributed by atoms with van der Waals surface area (Å²) in [5, 5.41) is 1.62. The van der Waals surface area contributed by atoms with Crippen molar-refractivity contribution in [2.24, 2.45) is 0 Å². The minimum absolute atomic E-state index is 0.199. The van der Waals surface area contributed by atoms with Gasteiger partial charge in [-0.1, -0.05) is 53.0 Å². The topological polar surface area (TPSA) is 35.5 Å². The van der Waals surface area contributed by atoms with Gasteiger partial charge in [0.25, 0.3) is 0 Å². The van der Waals surface area contributed by atoms with Gasteiger partial charge < -0.3 is 9.47 Å². The lowest BCUT2D eigenvalue weighted by Gasteiger charge is -2.11. The number of hydrogen-bond donors (Lipinski definition) is 0. The van der Waals surface area contributed by atoms with Crippen molar-refractivity contribution in [3.05, 3.63) is 97.7 Å². The Balaban J connectivity index is 1.59. The summed E-state index contributed by atoms with van der Waals surface area (Å²) < 4.78 is 11.8. The van der Waals surface area contributed by atoms with E-state index in [2.05, 4.69) is 0 Å². The average Bonchev–Trinajstić information content (AvgIpc) is 3.00. The summed E-state index contributed by atoms with van der Waals surface area (Å²) >= 11 is 18.2. The van der Waals surface area contributed by atoms with Crippen LogP contribution in [0.5, 0.6) is 11.5 Å². The number of ether oxygens (including phenoxy) is 2. The second-order valence-electron chi connectivity index (χ2n) is 6.59. The maximum atomic E-state index is 12.7. The van der Waals surface area contributed by atoms with Crippen molar-refractivity contribution in [2.45, 2.75) is 13.5 Å². The van der Waals surface area contributed by atoms with Gasteiger partial charge in [-0.3, -0.25) is 4.79 Å². The molecule has 0 saturated carbocycles. The highest BCUT2D eigenvalue weighted by atomic mass is 35.5. The van der Waals surface area contributed by atoms with E-state index in [4.69, 9.17) is 44.3 Å². The van der Waals surface area contributed by atoms with E-state index in [1.807, 2.05) is 31.2 Å². The van der Waals surface area contributed by atoms with Crippen LogP contribution in [0.25, 0.3) is 6.08 Å². The average molecular weight is 446 g/mol. The summed E-state index contributed by atoms with van der Waals surface area (Å²) in [6.45, 7) is 2.22. The Kier molecular flexibility index (Phi) is 5.55. The van der Waals surface area contributed by atoms with Gasteiger partial charge in [0.15, 0.2) is 5.76 Å². The molecule has 0 fully saturated rings. The highest BCUT2D eigenvalue weighted by Gasteiger charge is 2.30. The second-order valence-corrected chi connectivity index (χ2v) is 7.87. The van der Waals surface area contributed by atoms with E-state index in [-0.39, 0.29) is 11.5 Å². The fraction of sp³-hybridized carbons (Fsp3) is 0.0870. The van der Waals surface area contributed by atoms with Crippen molar-refractivity contribution in [3.8, 4) is 11.5 Å².